The molecule has 0 aromatic carbocycles. The van der Waals surface area contributed by atoms with Crippen LogP contribution < -0.4 is 10.6 Å². The third-order valence-electron chi connectivity index (χ3n) is 1.65. The first-order valence-electron chi connectivity index (χ1n) is 4.30. The fourth-order valence-electron chi connectivity index (χ4n) is 0.968. The van der Waals surface area contributed by atoms with Crippen LogP contribution in [0.1, 0.15) is 16.6 Å². The largest absolute Gasteiger partial charge is 0.462 e. The van der Waals surface area contributed by atoms with E-state index in [9.17, 15) is 4.79 Å². The van der Waals surface area contributed by atoms with E-state index in [0.29, 0.717) is 17.2 Å². The van der Waals surface area contributed by atoms with E-state index < -0.39 is 0 Å². The minimum atomic E-state index is -0.344. The van der Waals surface area contributed by atoms with Gasteiger partial charge in [0, 0.05) is 14.1 Å². The first kappa shape index (κ1) is 10.8. The Balaban J connectivity index is 2.92. The predicted octanol–water partition coefficient (Wildman–Crippen LogP) is 1.57. The summed E-state index contributed by atoms with van der Waals surface area (Å²) in [6, 6.07) is 1.77. The van der Waals surface area contributed by atoms with Gasteiger partial charge in [-0.25, -0.2) is 4.79 Å². The van der Waals surface area contributed by atoms with Crippen LogP contribution in [0.2, 0.25) is 0 Å². The molecule has 0 aliphatic carbocycles. The molecule has 1 heterocycles. The van der Waals surface area contributed by atoms with Crippen molar-refractivity contribution in [2.24, 2.45) is 0 Å². The lowest BCUT2D eigenvalue weighted by molar-refractivity contribution is 0.0533. The van der Waals surface area contributed by atoms with Crippen LogP contribution >= 0.6 is 11.3 Å². The molecule has 1 rings (SSSR count). The number of hydrogen-bond donors (Lipinski definition) is 1. The highest BCUT2D eigenvalue weighted by molar-refractivity contribution is 7.18. The summed E-state index contributed by atoms with van der Waals surface area (Å²) in [6.07, 6.45) is 0. The summed E-state index contributed by atoms with van der Waals surface area (Å²) < 4.78 is 4.87. The highest BCUT2D eigenvalue weighted by atomic mass is 32.1. The molecule has 1 aromatic rings. The summed E-state index contributed by atoms with van der Waals surface area (Å²) in [6.45, 7) is 2.14. The molecule has 0 fully saturated rings. The van der Waals surface area contributed by atoms with Gasteiger partial charge in [-0.2, -0.15) is 0 Å². The molecule has 0 atom stereocenters. The van der Waals surface area contributed by atoms with Gasteiger partial charge in [-0.3, -0.25) is 0 Å². The molecule has 0 aliphatic rings. The van der Waals surface area contributed by atoms with E-state index in [-0.39, 0.29) is 5.97 Å². The summed E-state index contributed by atoms with van der Waals surface area (Å²) in [5, 5.41) is 0.950. The molecule has 0 aliphatic heterocycles. The lowest BCUT2D eigenvalue weighted by atomic mass is 10.4. The molecule has 14 heavy (non-hydrogen) atoms. The summed E-state index contributed by atoms with van der Waals surface area (Å²) >= 11 is 1.34. The molecule has 78 valence electrons. The van der Waals surface area contributed by atoms with Crippen molar-refractivity contribution in [3.05, 3.63) is 10.9 Å². The number of nitrogen functional groups attached to an aromatic ring is 1. The number of carbonyl (C=O) groups is 1. The van der Waals surface area contributed by atoms with Crippen LogP contribution in [0.4, 0.5) is 10.7 Å². The van der Waals surface area contributed by atoms with Gasteiger partial charge in [-0.05, 0) is 13.0 Å². The van der Waals surface area contributed by atoms with Crippen LogP contribution in [0.25, 0.3) is 0 Å². The van der Waals surface area contributed by atoms with E-state index in [1.165, 1.54) is 11.3 Å². The van der Waals surface area contributed by atoms with Crippen molar-refractivity contribution >= 4 is 28.0 Å². The Morgan fingerprint density at radius 2 is 2.29 bits per heavy atom. The van der Waals surface area contributed by atoms with Crippen LogP contribution in [0.3, 0.4) is 0 Å². The standard InChI is InChI=1S/C9H14N2O2S/c1-4-13-9(12)8-6(10)5-7(14-8)11(2)3/h5H,4,10H2,1-3H3. The van der Waals surface area contributed by atoms with Crippen LogP contribution in [0, 0.1) is 0 Å². The van der Waals surface area contributed by atoms with Gasteiger partial charge in [0.25, 0.3) is 0 Å². The summed E-state index contributed by atoms with van der Waals surface area (Å²) in [7, 11) is 3.81. The number of nitrogens with zero attached hydrogens (tertiary/aromatic N) is 1. The third kappa shape index (κ3) is 2.17. The average Bonchev–Trinajstić information content (AvgIpc) is 2.48. The Morgan fingerprint density at radius 1 is 1.64 bits per heavy atom. The Kier molecular flexibility index (Phi) is 3.35. The first-order valence-corrected chi connectivity index (χ1v) is 5.11. The quantitative estimate of drug-likeness (QED) is 0.776. The molecule has 0 unspecified atom stereocenters. The van der Waals surface area contributed by atoms with Gasteiger partial charge >= 0.3 is 5.97 Å². The van der Waals surface area contributed by atoms with Gasteiger partial charge in [0.15, 0.2) is 0 Å². The van der Waals surface area contributed by atoms with Crippen molar-refractivity contribution in [2.45, 2.75) is 6.92 Å². The second-order valence-corrected chi connectivity index (χ2v) is 4.01. The zero-order chi connectivity index (χ0) is 10.7. The van der Waals surface area contributed by atoms with E-state index in [4.69, 9.17) is 10.5 Å². The molecular formula is C9H14N2O2S. The van der Waals surface area contributed by atoms with E-state index in [0.717, 1.165) is 5.00 Å². The lowest BCUT2D eigenvalue weighted by Gasteiger charge is -2.06. The Labute approximate surface area is 87.3 Å². The number of thiophene rings is 1. The molecular weight excluding hydrogens is 200 g/mol. The summed E-state index contributed by atoms with van der Waals surface area (Å²) in [5.41, 5.74) is 6.18. The minimum absolute atomic E-state index is 0.344. The number of ether oxygens (including phenoxy) is 1. The second kappa shape index (κ2) is 4.32. The van der Waals surface area contributed by atoms with Gasteiger partial charge in [-0.1, -0.05) is 0 Å². The molecule has 0 saturated heterocycles. The van der Waals surface area contributed by atoms with E-state index in [1.807, 2.05) is 19.0 Å². The molecule has 5 heteroatoms. The molecule has 0 spiro atoms. The molecule has 0 bridgehead atoms. The van der Waals surface area contributed by atoms with Crippen LogP contribution in [0.15, 0.2) is 6.07 Å². The SMILES string of the molecule is CCOC(=O)c1sc(N(C)C)cc1N. The van der Waals surface area contributed by atoms with E-state index >= 15 is 0 Å². The minimum Gasteiger partial charge on any atom is -0.462 e. The van der Waals surface area contributed by atoms with Crippen LogP contribution in [-0.2, 0) is 4.74 Å². The van der Waals surface area contributed by atoms with Gasteiger partial charge < -0.3 is 15.4 Å². The zero-order valence-corrected chi connectivity index (χ0v) is 9.35. The topological polar surface area (TPSA) is 55.6 Å². The zero-order valence-electron chi connectivity index (χ0n) is 8.53. The number of hydrogen-bond acceptors (Lipinski definition) is 5. The first-order chi connectivity index (χ1) is 6.56. The summed E-state index contributed by atoms with van der Waals surface area (Å²) in [4.78, 5) is 13.8. The van der Waals surface area contributed by atoms with Crippen LogP contribution in [-0.4, -0.2) is 26.7 Å². The molecule has 2 N–H and O–H groups in total. The molecule has 4 nitrogen and oxygen atoms in total. The van der Waals surface area contributed by atoms with Crippen LogP contribution in [0.5, 0.6) is 0 Å². The third-order valence-corrected chi connectivity index (χ3v) is 2.95. The maximum Gasteiger partial charge on any atom is 0.350 e. The Bertz CT molecular complexity index is 334. The van der Waals surface area contributed by atoms with Gasteiger partial charge in [-0.15, -0.1) is 11.3 Å². The molecule has 0 radical (unpaired) electrons. The second-order valence-electron chi connectivity index (χ2n) is 2.98. The normalized spacial score (nSPS) is 9.93. The molecule has 0 amide bonds. The van der Waals surface area contributed by atoms with Crippen molar-refractivity contribution in [3.8, 4) is 0 Å². The fourth-order valence-corrected chi connectivity index (χ4v) is 1.86. The number of nitrogens with two attached hydrogens (primary N) is 1. The van der Waals surface area contributed by atoms with Crippen molar-refractivity contribution in [1.29, 1.82) is 0 Å². The van der Waals surface area contributed by atoms with Gasteiger partial charge in [0.1, 0.15) is 4.88 Å². The average molecular weight is 214 g/mol. The summed E-state index contributed by atoms with van der Waals surface area (Å²) in [5.74, 6) is -0.344. The monoisotopic (exact) mass is 214 g/mol. The van der Waals surface area contributed by atoms with Crippen molar-refractivity contribution in [3.63, 3.8) is 0 Å². The maximum atomic E-state index is 11.4. The van der Waals surface area contributed by atoms with Crippen molar-refractivity contribution in [1.82, 2.24) is 0 Å². The van der Waals surface area contributed by atoms with E-state index in [1.54, 1.807) is 13.0 Å². The Hall–Kier alpha value is -1.23. The van der Waals surface area contributed by atoms with Crippen molar-refractivity contribution in [2.75, 3.05) is 31.3 Å². The fraction of sp³-hybridized carbons (Fsp3) is 0.444. The smallest absolute Gasteiger partial charge is 0.350 e. The van der Waals surface area contributed by atoms with Crippen molar-refractivity contribution < 1.29 is 9.53 Å². The number of carbonyl (C=O) groups excluding carboxylic acids is 1. The maximum absolute atomic E-state index is 11.4. The number of rotatable bonds is 3. The lowest BCUT2D eigenvalue weighted by Crippen LogP contribution is -2.06. The van der Waals surface area contributed by atoms with E-state index in [2.05, 4.69) is 0 Å². The predicted molar refractivity (Wildman–Crippen MR) is 59.0 cm³/mol. The number of esters is 1. The van der Waals surface area contributed by atoms with Gasteiger partial charge in [0.05, 0.1) is 17.3 Å². The molecule has 1 aromatic heterocycles. The number of anilines is 2. The molecule has 0 saturated carbocycles. The Morgan fingerprint density at radius 3 is 2.71 bits per heavy atom. The van der Waals surface area contributed by atoms with Gasteiger partial charge in [0.2, 0.25) is 0 Å². The highest BCUT2D eigenvalue weighted by Crippen LogP contribution is 2.31. The highest BCUT2D eigenvalue weighted by Gasteiger charge is 2.15.